The van der Waals surface area contributed by atoms with Crippen LogP contribution in [0.25, 0.3) is 0 Å². The van der Waals surface area contributed by atoms with Crippen molar-refractivity contribution in [1.82, 2.24) is 9.88 Å². The van der Waals surface area contributed by atoms with Crippen molar-refractivity contribution >= 4 is 5.91 Å². The monoisotopic (exact) mass is 530 g/mol. The molecule has 0 N–H and O–H groups in total. The van der Waals surface area contributed by atoms with Gasteiger partial charge in [0.1, 0.15) is 12.4 Å². The van der Waals surface area contributed by atoms with E-state index in [-0.39, 0.29) is 24.0 Å². The van der Waals surface area contributed by atoms with E-state index in [0.29, 0.717) is 48.6 Å². The number of para-hydroxylation sites is 1. The highest BCUT2D eigenvalue weighted by Gasteiger charge is 2.55. The smallest absolute Gasteiger partial charge is 0.417 e. The lowest BCUT2D eigenvalue weighted by atomic mass is 9.78. The van der Waals surface area contributed by atoms with Crippen LogP contribution in [0, 0.1) is 17.3 Å². The first-order valence-electron chi connectivity index (χ1n) is 13.7. The van der Waals surface area contributed by atoms with E-state index in [2.05, 4.69) is 24.9 Å². The fourth-order valence-electron chi connectivity index (χ4n) is 7.16. The Labute approximate surface area is 222 Å². The molecule has 6 rings (SSSR count). The van der Waals surface area contributed by atoms with Crippen molar-refractivity contribution in [2.75, 3.05) is 20.3 Å². The zero-order chi connectivity index (χ0) is 27.1. The third-order valence-corrected chi connectivity index (χ3v) is 9.11. The molecule has 206 valence electrons. The number of carbonyl (C=O) groups excluding carboxylic acids is 1. The number of fused-ring (bicyclic) bond motifs is 3. The fraction of sp³-hybridized carbons (Fsp3) is 0.600. The van der Waals surface area contributed by atoms with E-state index in [1.165, 1.54) is 11.6 Å². The van der Waals surface area contributed by atoms with Gasteiger partial charge in [0.05, 0.1) is 17.1 Å². The van der Waals surface area contributed by atoms with E-state index in [1.54, 1.807) is 12.0 Å². The van der Waals surface area contributed by atoms with Gasteiger partial charge in [-0.25, -0.2) is 0 Å². The predicted molar refractivity (Wildman–Crippen MR) is 138 cm³/mol. The van der Waals surface area contributed by atoms with Crippen LogP contribution >= 0.6 is 0 Å². The van der Waals surface area contributed by atoms with Crippen molar-refractivity contribution in [3.8, 4) is 5.75 Å². The van der Waals surface area contributed by atoms with Crippen LogP contribution in [0.15, 0.2) is 36.5 Å². The van der Waals surface area contributed by atoms with Crippen molar-refractivity contribution in [2.45, 2.75) is 77.1 Å². The van der Waals surface area contributed by atoms with Crippen LogP contribution < -0.4 is 4.74 Å². The first kappa shape index (κ1) is 27.0. The Morgan fingerprint density at radius 1 is 1.24 bits per heavy atom. The van der Waals surface area contributed by atoms with E-state index in [0.717, 1.165) is 44.1 Å². The third-order valence-electron chi connectivity index (χ3n) is 9.11. The molecule has 1 aromatic heterocycles. The molecule has 1 aromatic carbocycles. The third kappa shape index (κ3) is 5.04. The summed E-state index contributed by atoms with van der Waals surface area (Å²) in [7, 11) is 1.73. The van der Waals surface area contributed by atoms with Gasteiger partial charge in [0.15, 0.2) is 0 Å². The molecule has 4 unspecified atom stereocenters. The molecule has 38 heavy (non-hydrogen) atoms. The van der Waals surface area contributed by atoms with Gasteiger partial charge in [-0.2, -0.15) is 13.2 Å². The number of aromatic nitrogens is 1. The molecular formula is C30H37F3N2O3. The number of pyridine rings is 1. The second kappa shape index (κ2) is 10.5. The number of hydrogen-bond donors (Lipinski definition) is 0. The Morgan fingerprint density at radius 3 is 2.79 bits per heavy atom. The molecule has 5 atom stereocenters. The summed E-state index contributed by atoms with van der Waals surface area (Å²) in [6.07, 6.45) is 2.41. The Bertz CT molecular complexity index is 1170. The van der Waals surface area contributed by atoms with Crippen molar-refractivity contribution in [3.05, 3.63) is 58.9 Å². The SMILES string of the molecule is CC1CC2CCCC2(C(=O)N2CCc3ncc(C(F)(F)F)cc3C2)C1.COC1COc2ccccc2[C@@H]1C. The highest BCUT2D eigenvalue weighted by atomic mass is 19.4. The van der Waals surface area contributed by atoms with Crippen molar-refractivity contribution in [1.29, 1.82) is 0 Å². The first-order valence-corrected chi connectivity index (χ1v) is 13.7. The Balaban J connectivity index is 0.000000190. The maximum absolute atomic E-state index is 13.3. The largest absolute Gasteiger partial charge is 0.491 e. The number of nitrogens with zero attached hydrogens (tertiary/aromatic N) is 2. The number of hydrogen-bond acceptors (Lipinski definition) is 4. The summed E-state index contributed by atoms with van der Waals surface area (Å²) in [4.78, 5) is 19.1. The molecule has 2 aromatic rings. The van der Waals surface area contributed by atoms with Crippen molar-refractivity contribution in [2.24, 2.45) is 17.3 Å². The van der Waals surface area contributed by atoms with Gasteiger partial charge in [0, 0.05) is 44.4 Å². The van der Waals surface area contributed by atoms with E-state index >= 15 is 0 Å². The number of ether oxygens (including phenoxy) is 2. The topological polar surface area (TPSA) is 51.7 Å². The summed E-state index contributed by atoms with van der Waals surface area (Å²) in [6, 6.07) is 9.32. The van der Waals surface area contributed by atoms with Gasteiger partial charge >= 0.3 is 6.18 Å². The fourth-order valence-corrected chi connectivity index (χ4v) is 7.16. The van der Waals surface area contributed by atoms with Crippen molar-refractivity contribution in [3.63, 3.8) is 0 Å². The molecule has 4 aliphatic rings. The molecule has 5 nitrogen and oxygen atoms in total. The van der Waals surface area contributed by atoms with Crippen LogP contribution in [0.3, 0.4) is 0 Å². The van der Waals surface area contributed by atoms with Gasteiger partial charge in [-0.05, 0) is 60.8 Å². The first-order chi connectivity index (χ1) is 18.1. The summed E-state index contributed by atoms with van der Waals surface area (Å²) in [5.74, 6) is 2.61. The second-order valence-electron chi connectivity index (χ2n) is 11.5. The number of benzene rings is 1. The van der Waals surface area contributed by atoms with Crippen molar-refractivity contribution < 1.29 is 27.4 Å². The second-order valence-corrected chi connectivity index (χ2v) is 11.5. The van der Waals surface area contributed by atoms with E-state index in [4.69, 9.17) is 9.47 Å². The van der Waals surface area contributed by atoms with Crippen LogP contribution in [-0.4, -0.2) is 42.2 Å². The van der Waals surface area contributed by atoms with E-state index < -0.39 is 11.7 Å². The Kier molecular flexibility index (Phi) is 7.46. The minimum atomic E-state index is -4.40. The van der Waals surface area contributed by atoms with Crippen LogP contribution in [0.1, 0.15) is 74.3 Å². The lowest BCUT2D eigenvalue weighted by Crippen LogP contribution is -2.46. The highest BCUT2D eigenvalue weighted by molar-refractivity contribution is 5.84. The molecule has 0 spiro atoms. The van der Waals surface area contributed by atoms with Crippen LogP contribution in [0.4, 0.5) is 13.2 Å². The molecule has 8 heteroatoms. The number of amides is 1. The summed E-state index contributed by atoms with van der Waals surface area (Å²) in [6.45, 7) is 5.86. The number of alkyl halides is 3. The van der Waals surface area contributed by atoms with Crippen LogP contribution in [0.5, 0.6) is 5.75 Å². The van der Waals surface area contributed by atoms with Gasteiger partial charge in [-0.1, -0.05) is 38.5 Å². The molecule has 2 aliphatic carbocycles. The molecule has 3 heterocycles. The molecule has 2 fully saturated rings. The Morgan fingerprint density at radius 2 is 2.03 bits per heavy atom. The van der Waals surface area contributed by atoms with E-state index in [9.17, 15) is 18.0 Å². The summed E-state index contributed by atoms with van der Waals surface area (Å²) in [5, 5.41) is 0. The Hall–Kier alpha value is -2.61. The summed E-state index contributed by atoms with van der Waals surface area (Å²) >= 11 is 0. The lowest BCUT2D eigenvalue weighted by molar-refractivity contribution is -0.144. The van der Waals surface area contributed by atoms with Gasteiger partial charge in [-0.15, -0.1) is 0 Å². The van der Waals surface area contributed by atoms with Crippen LogP contribution in [-0.2, 0) is 28.7 Å². The van der Waals surface area contributed by atoms with Gasteiger partial charge < -0.3 is 14.4 Å². The molecule has 1 amide bonds. The van der Waals surface area contributed by atoms with Gasteiger partial charge in [0.2, 0.25) is 5.91 Å². The average molecular weight is 531 g/mol. The normalized spacial score (nSPS) is 29.9. The van der Waals surface area contributed by atoms with Gasteiger partial charge in [0.25, 0.3) is 0 Å². The average Bonchev–Trinajstić information content (AvgIpc) is 3.44. The van der Waals surface area contributed by atoms with Crippen LogP contribution in [0.2, 0.25) is 0 Å². The minimum absolute atomic E-state index is 0.169. The zero-order valence-corrected chi connectivity index (χ0v) is 22.4. The quantitative estimate of drug-likeness (QED) is 0.451. The minimum Gasteiger partial charge on any atom is -0.491 e. The molecule has 0 bridgehead atoms. The maximum atomic E-state index is 13.3. The molecule has 0 saturated heterocycles. The summed E-state index contributed by atoms with van der Waals surface area (Å²) < 4.78 is 49.8. The predicted octanol–water partition coefficient (Wildman–Crippen LogP) is 6.40. The van der Waals surface area contributed by atoms with E-state index in [1.807, 2.05) is 18.2 Å². The maximum Gasteiger partial charge on any atom is 0.417 e. The number of methoxy groups -OCH3 is 1. The number of carbonyl (C=O) groups is 1. The lowest BCUT2D eigenvalue weighted by Gasteiger charge is -2.37. The molecule has 2 aliphatic heterocycles. The summed E-state index contributed by atoms with van der Waals surface area (Å²) in [5.41, 5.74) is 1.50. The molecular weight excluding hydrogens is 493 g/mol. The number of halogens is 3. The zero-order valence-electron chi connectivity index (χ0n) is 22.4. The number of rotatable bonds is 2. The molecule has 2 saturated carbocycles. The van der Waals surface area contributed by atoms with Gasteiger partial charge in [-0.3, -0.25) is 9.78 Å². The standard InChI is InChI=1S/C19H23F3N2O.C11H14O2/c1-12-7-14-3-2-5-18(14,9-12)17(25)24-6-4-16-13(11-24)8-15(10-23-16)19(20,21)22;1-8-9-5-3-4-6-10(9)13-7-11(8)12-2/h8,10,12,14H,2-7,9,11H2,1H3;3-6,8,11H,7H2,1-2H3/t;8-,11?/m.0/s1. The molecule has 0 radical (unpaired) electrons. The highest BCUT2D eigenvalue weighted by Crippen LogP contribution is 2.57.